The van der Waals surface area contributed by atoms with Crippen LogP contribution in [0.5, 0.6) is 5.75 Å². The quantitative estimate of drug-likeness (QED) is 0.665. The lowest BCUT2D eigenvalue weighted by Gasteiger charge is -2.09. The molecule has 3 aromatic rings. The molecule has 3 aromatic carbocycles. The van der Waals surface area contributed by atoms with Gasteiger partial charge in [0, 0.05) is 0 Å². The van der Waals surface area contributed by atoms with E-state index in [-0.39, 0.29) is 0 Å². The summed E-state index contributed by atoms with van der Waals surface area (Å²) >= 11 is 0. The van der Waals surface area contributed by atoms with Gasteiger partial charge in [-0.1, -0.05) is 48.5 Å². The number of aromatic hydroxyl groups is 1. The minimum Gasteiger partial charge on any atom is -0.507 e. The Morgan fingerprint density at radius 1 is 0.773 bits per heavy atom. The van der Waals surface area contributed by atoms with Crippen molar-refractivity contribution >= 4 is 20.0 Å². The zero-order chi connectivity index (χ0) is 15.7. The molecule has 0 spiro atoms. The van der Waals surface area contributed by atoms with Crippen LogP contribution in [0.4, 0.5) is 0 Å². The van der Waals surface area contributed by atoms with E-state index in [1.807, 2.05) is 13.8 Å². The molecule has 112 valence electrons. The van der Waals surface area contributed by atoms with Crippen LogP contribution in [0.25, 0.3) is 10.8 Å². The Morgan fingerprint density at radius 2 is 1.32 bits per heavy atom. The summed E-state index contributed by atoms with van der Waals surface area (Å²) in [6, 6.07) is 17.5. The summed E-state index contributed by atoms with van der Waals surface area (Å²) in [5.74, 6) is 0.409. The number of hydrogen-bond donors (Lipinski definition) is 1. The average molecular weight is 308 g/mol. The van der Waals surface area contributed by atoms with Crippen molar-refractivity contribution in [2.45, 2.75) is 26.4 Å². The molecule has 3 rings (SSSR count). The Labute approximate surface area is 134 Å². The minimum atomic E-state index is 0.409. The van der Waals surface area contributed by atoms with Crippen molar-refractivity contribution < 1.29 is 5.11 Å². The molecule has 0 fully saturated rings. The predicted molar refractivity (Wildman–Crippen MR) is 97.7 cm³/mol. The lowest BCUT2D eigenvalue weighted by Crippen LogP contribution is -1.92. The first-order chi connectivity index (χ1) is 10.6. The maximum Gasteiger partial charge on any atom is 0.121 e. The third-order valence-corrected chi connectivity index (χ3v) is 4.64. The van der Waals surface area contributed by atoms with E-state index in [9.17, 15) is 5.11 Å². The largest absolute Gasteiger partial charge is 0.507 e. The van der Waals surface area contributed by atoms with E-state index in [4.69, 9.17) is 0 Å². The van der Waals surface area contributed by atoms with E-state index in [1.54, 1.807) is 0 Å². The Hall–Kier alpha value is -1.85. The standard InChI is InChI=1S/C20H21OP/c1-13-7-17(8-14(2)20(13)21)9-15-3-5-19-11-16(12-22)4-6-18(19)10-15/h3-8,10-11,21H,9,12,22H2,1-2H3. The lowest BCUT2D eigenvalue weighted by molar-refractivity contribution is 0.466. The number of rotatable bonds is 3. The van der Waals surface area contributed by atoms with Gasteiger partial charge in [-0.15, -0.1) is 9.24 Å². The van der Waals surface area contributed by atoms with Crippen LogP contribution < -0.4 is 0 Å². The zero-order valence-corrected chi connectivity index (χ0v) is 14.2. The molecule has 0 saturated heterocycles. The fourth-order valence-corrected chi connectivity index (χ4v) is 3.22. The van der Waals surface area contributed by atoms with Crippen molar-refractivity contribution in [3.63, 3.8) is 0 Å². The molecule has 0 radical (unpaired) electrons. The third-order valence-electron chi connectivity index (χ3n) is 4.16. The second kappa shape index (κ2) is 6.10. The maximum absolute atomic E-state index is 9.89. The van der Waals surface area contributed by atoms with Crippen molar-refractivity contribution in [3.05, 3.63) is 76.3 Å². The molecule has 0 amide bonds. The summed E-state index contributed by atoms with van der Waals surface area (Å²) in [6.45, 7) is 3.91. The normalized spacial score (nSPS) is 11.0. The van der Waals surface area contributed by atoms with Crippen LogP contribution in [0, 0.1) is 13.8 Å². The van der Waals surface area contributed by atoms with E-state index in [2.05, 4.69) is 57.8 Å². The maximum atomic E-state index is 9.89. The second-order valence-corrected chi connectivity index (χ2v) is 6.38. The summed E-state index contributed by atoms with van der Waals surface area (Å²) < 4.78 is 0. The fraction of sp³-hybridized carbons (Fsp3) is 0.200. The molecule has 0 aliphatic rings. The van der Waals surface area contributed by atoms with Crippen LogP contribution in [0.1, 0.15) is 27.8 Å². The summed E-state index contributed by atoms with van der Waals surface area (Å²) in [5, 5.41) is 12.5. The molecule has 0 aliphatic heterocycles. The highest BCUT2D eigenvalue weighted by atomic mass is 31.0. The van der Waals surface area contributed by atoms with Gasteiger partial charge in [0.25, 0.3) is 0 Å². The van der Waals surface area contributed by atoms with Crippen LogP contribution in [-0.2, 0) is 12.6 Å². The van der Waals surface area contributed by atoms with Gasteiger partial charge >= 0.3 is 0 Å². The van der Waals surface area contributed by atoms with Gasteiger partial charge < -0.3 is 5.11 Å². The Morgan fingerprint density at radius 3 is 1.91 bits per heavy atom. The number of phenols is 1. The molecule has 2 heteroatoms. The van der Waals surface area contributed by atoms with Gasteiger partial charge in [0.05, 0.1) is 0 Å². The van der Waals surface area contributed by atoms with Gasteiger partial charge in [-0.25, -0.2) is 0 Å². The third kappa shape index (κ3) is 3.00. The van der Waals surface area contributed by atoms with E-state index >= 15 is 0 Å². The molecule has 0 saturated carbocycles. The van der Waals surface area contributed by atoms with E-state index < -0.39 is 0 Å². The van der Waals surface area contributed by atoms with Crippen LogP contribution in [-0.4, -0.2) is 5.11 Å². The van der Waals surface area contributed by atoms with E-state index in [0.29, 0.717) is 5.75 Å². The Bertz CT molecular complexity index is 813. The first-order valence-electron chi connectivity index (χ1n) is 7.57. The molecule has 1 nitrogen and oxygen atoms in total. The van der Waals surface area contributed by atoms with Crippen molar-refractivity contribution in [1.82, 2.24) is 0 Å². The first-order valence-corrected chi connectivity index (χ1v) is 8.39. The van der Waals surface area contributed by atoms with Crippen LogP contribution in [0.15, 0.2) is 48.5 Å². The smallest absolute Gasteiger partial charge is 0.121 e. The number of fused-ring (bicyclic) bond motifs is 1. The Kier molecular flexibility index (Phi) is 4.18. The van der Waals surface area contributed by atoms with Gasteiger partial charge in [0.2, 0.25) is 0 Å². The summed E-state index contributed by atoms with van der Waals surface area (Å²) in [5.41, 5.74) is 5.78. The highest BCUT2D eigenvalue weighted by Crippen LogP contribution is 2.25. The van der Waals surface area contributed by atoms with Gasteiger partial charge in [0.15, 0.2) is 0 Å². The Balaban J connectivity index is 1.94. The molecule has 0 aliphatic carbocycles. The second-order valence-electron chi connectivity index (χ2n) is 5.97. The highest BCUT2D eigenvalue weighted by molar-refractivity contribution is 7.15. The number of benzene rings is 3. The van der Waals surface area contributed by atoms with Gasteiger partial charge in [-0.3, -0.25) is 0 Å². The number of hydrogen-bond acceptors (Lipinski definition) is 1. The molecule has 1 atom stereocenters. The number of phenolic OH excluding ortho intramolecular Hbond substituents is 1. The fourth-order valence-electron chi connectivity index (χ4n) is 2.96. The monoisotopic (exact) mass is 308 g/mol. The van der Waals surface area contributed by atoms with Crippen LogP contribution >= 0.6 is 9.24 Å². The zero-order valence-electron chi connectivity index (χ0n) is 13.1. The van der Waals surface area contributed by atoms with Crippen molar-refractivity contribution in [3.8, 4) is 5.75 Å². The molecular formula is C20H21OP. The average Bonchev–Trinajstić information content (AvgIpc) is 2.52. The van der Waals surface area contributed by atoms with E-state index in [1.165, 1.54) is 27.5 Å². The molecule has 1 N–H and O–H groups in total. The van der Waals surface area contributed by atoms with Gasteiger partial charge in [-0.05, 0) is 65.0 Å². The predicted octanol–water partition coefficient (Wildman–Crippen LogP) is 5.13. The summed E-state index contributed by atoms with van der Waals surface area (Å²) in [4.78, 5) is 0. The highest BCUT2D eigenvalue weighted by Gasteiger charge is 2.05. The topological polar surface area (TPSA) is 20.2 Å². The van der Waals surface area contributed by atoms with Gasteiger partial charge in [0.1, 0.15) is 5.75 Å². The number of aryl methyl sites for hydroxylation is 2. The lowest BCUT2D eigenvalue weighted by atomic mass is 9.97. The van der Waals surface area contributed by atoms with Crippen LogP contribution in [0.3, 0.4) is 0 Å². The van der Waals surface area contributed by atoms with Crippen LogP contribution in [0.2, 0.25) is 0 Å². The summed E-state index contributed by atoms with van der Waals surface area (Å²) in [6.07, 6.45) is 1.88. The van der Waals surface area contributed by atoms with Crippen molar-refractivity contribution in [2.75, 3.05) is 0 Å². The molecular weight excluding hydrogens is 287 g/mol. The molecule has 0 bridgehead atoms. The first kappa shape index (κ1) is 15.1. The molecule has 1 unspecified atom stereocenters. The summed E-state index contributed by atoms with van der Waals surface area (Å²) in [7, 11) is 2.77. The SMILES string of the molecule is Cc1cc(Cc2ccc3cc(CP)ccc3c2)cc(C)c1O. The van der Waals surface area contributed by atoms with Crippen molar-refractivity contribution in [2.24, 2.45) is 0 Å². The van der Waals surface area contributed by atoms with E-state index in [0.717, 1.165) is 23.7 Å². The molecule has 0 aromatic heterocycles. The molecule has 22 heavy (non-hydrogen) atoms. The molecule has 0 heterocycles. The van der Waals surface area contributed by atoms with Gasteiger partial charge in [-0.2, -0.15) is 0 Å². The minimum absolute atomic E-state index is 0.409. The van der Waals surface area contributed by atoms with Crippen molar-refractivity contribution in [1.29, 1.82) is 0 Å².